The van der Waals surface area contributed by atoms with Crippen molar-refractivity contribution in [2.24, 2.45) is 0 Å². The van der Waals surface area contributed by atoms with Gasteiger partial charge in [-0.1, -0.05) is 32.3 Å². The van der Waals surface area contributed by atoms with Crippen LogP contribution in [-0.2, 0) is 6.42 Å². The minimum Gasteiger partial charge on any atom is -0.261 e. The van der Waals surface area contributed by atoms with Gasteiger partial charge < -0.3 is 0 Å². The molecule has 1 heteroatoms. The molecule has 1 radical (unpaired) electrons. The number of aryl methyl sites for hydroxylation is 1. The first-order chi connectivity index (χ1) is 5.93. The van der Waals surface area contributed by atoms with E-state index in [1.165, 1.54) is 25.7 Å². The van der Waals surface area contributed by atoms with Crippen molar-refractivity contribution in [2.45, 2.75) is 39.0 Å². The van der Waals surface area contributed by atoms with Crippen LogP contribution in [0.2, 0.25) is 0 Å². The maximum absolute atomic E-state index is 4.22. The maximum Gasteiger partial charge on any atom is 0.0482 e. The Kier molecular flexibility index (Phi) is 4.43. The smallest absolute Gasteiger partial charge is 0.0482 e. The fourth-order valence-corrected chi connectivity index (χ4v) is 1.21. The largest absolute Gasteiger partial charge is 0.261 e. The summed E-state index contributed by atoms with van der Waals surface area (Å²) in [5, 5.41) is 0. The van der Waals surface area contributed by atoms with Crippen LogP contribution in [-0.4, -0.2) is 4.98 Å². The maximum atomic E-state index is 4.22. The first kappa shape index (κ1) is 9.24. The van der Waals surface area contributed by atoms with Crippen LogP contribution in [0.25, 0.3) is 0 Å². The summed E-state index contributed by atoms with van der Waals surface area (Å²) in [5.41, 5.74) is 1.11. The van der Waals surface area contributed by atoms with Crippen molar-refractivity contribution in [1.82, 2.24) is 4.98 Å². The third-order valence-corrected chi connectivity index (χ3v) is 1.93. The van der Waals surface area contributed by atoms with Crippen molar-refractivity contribution >= 4 is 0 Å². The van der Waals surface area contributed by atoms with Crippen LogP contribution in [0.1, 0.15) is 38.3 Å². The highest BCUT2D eigenvalue weighted by atomic mass is 14.7. The molecule has 1 aromatic heterocycles. The van der Waals surface area contributed by atoms with Gasteiger partial charge in [-0.25, -0.2) is 0 Å². The van der Waals surface area contributed by atoms with Gasteiger partial charge in [0.25, 0.3) is 0 Å². The summed E-state index contributed by atoms with van der Waals surface area (Å²) >= 11 is 0. The number of unbranched alkanes of at least 4 members (excludes halogenated alkanes) is 3. The van der Waals surface area contributed by atoms with Crippen molar-refractivity contribution in [3.63, 3.8) is 0 Å². The number of hydrogen-bond acceptors (Lipinski definition) is 1. The molecule has 0 aromatic carbocycles. The molecular weight excluding hydrogens is 146 g/mol. The van der Waals surface area contributed by atoms with E-state index in [1.54, 1.807) is 0 Å². The highest BCUT2D eigenvalue weighted by molar-refractivity contribution is 5.00. The molecule has 1 rings (SSSR count). The first-order valence-corrected chi connectivity index (χ1v) is 4.75. The average Bonchev–Trinajstić information content (AvgIpc) is 2.14. The fourth-order valence-electron chi connectivity index (χ4n) is 1.21. The monoisotopic (exact) mass is 162 g/mol. The van der Waals surface area contributed by atoms with Crippen LogP contribution >= 0.6 is 0 Å². The number of aromatic nitrogens is 1. The Bertz CT molecular complexity index is 193. The van der Waals surface area contributed by atoms with Crippen LogP contribution in [0.5, 0.6) is 0 Å². The van der Waals surface area contributed by atoms with Crippen LogP contribution in [0.3, 0.4) is 0 Å². The molecule has 12 heavy (non-hydrogen) atoms. The van der Waals surface area contributed by atoms with Gasteiger partial charge >= 0.3 is 0 Å². The van der Waals surface area contributed by atoms with Gasteiger partial charge in [0.2, 0.25) is 0 Å². The van der Waals surface area contributed by atoms with Gasteiger partial charge in [0, 0.05) is 18.0 Å². The standard InChI is InChI=1S/C11H16N/c1-2-3-4-5-8-11-9-6-7-10-12-11/h6-7,10H,2-5,8H2,1H3. The second kappa shape index (κ2) is 5.76. The summed E-state index contributed by atoms with van der Waals surface area (Å²) in [6.07, 6.45) is 8.13. The zero-order chi connectivity index (χ0) is 8.65. The van der Waals surface area contributed by atoms with Gasteiger partial charge in [-0.15, -0.1) is 0 Å². The van der Waals surface area contributed by atoms with E-state index in [-0.39, 0.29) is 0 Å². The van der Waals surface area contributed by atoms with E-state index >= 15 is 0 Å². The Morgan fingerprint density at radius 3 is 2.92 bits per heavy atom. The number of pyridine rings is 1. The molecule has 1 nitrogen and oxygen atoms in total. The average molecular weight is 162 g/mol. The second-order valence-corrected chi connectivity index (χ2v) is 3.04. The van der Waals surface area contributed by atoms with Gasteiger partial charge in [-0.05, 0) is 18.9 Å². The molecule has 0 spiro atoms. The van der Waals surface area contributed by atoms with E-state index in [0.717, 1.165) is 12.1 Å². The molecule has 1 heterocycles. The molecule has 0 bridgehead atoms. The Morgan fingerprint density at radius 1 is 1.33 bits per heavy atom. The molecule has 0 atom stereocenters. The fraction of sp³-hybridized carbons (Fsp3) is 0.545. The predicted molar refractivity (Wildman–Crippen MR) is 50.9 cm³/mol. The second-order valence-electron chi connectivity index (χ2n) is 3.04. The van der Waals surface area contributed by atoms with Crippen molar-refractivity contribution in [3.05, 3.63) is 30.1 Å². The zero-order valence-electron chi connectivity index (χ0n) is 7.71. The lowest BCUT2D eigenvalue weighted by molar-refractivity contribution is 0.660. The Balaban J connectivity index is 2.16. The van der Waals surface area contributed by atoms with Crippen LogP contribution < -0.4 is 0 Å². The molecule has 0 aliphatic rings. The van der Waals surface area contributed by atoms with E-state index in [2.05, 4.69) is 18.0 Å². The quantitative estimate of drug-likeness (QED) is 0.606. The minimum atomic E-state index is 1.08. The highest BCUT2D eigenvalue weighted by Gasteiger charge is 1.92. The normalized spacial score (nSPS) is 10.1. The summed E-state index contributed by atoms with van der Waals surface area (Å²) in [7, 11) is 0. The molecule has 0 aliphatic heterocycles. The molecule has 0 saturated carbocycles. The lowest BCUT2D eigenvalue weighted by Crippen LogP contribution is -1.88. The van der Waals surface area contributed by atoms with Gasteiger partial charge in [-0.3, -0.25) is 4.98 Å². The van der Waals surface area contributed by atoms with Crippen molar-refractivity contribution < 1.29 is 0 Å². The van der Waals surface area contributed by atoms with Crippen LogP contribution in [0.15, 0.2) is 18.3 Å². The molecule has 65 valence electrons. The third kappa shape index (κ3) is 3.51. The Morgan fingerprint density at radius 2 is 2.25 bits per heavy atom. The van der Waals surface area contributed by atoms with E-state index in [9.17, 15) is 0 Å². The molecule has 0 aliphatic carbocycles. The lowest BCUT2D eigenvalue weighted by atomic mass is 10.1. The van der Waals surface area contributed by atoms with E-state index in [1.807, 2.05) is 18.3 Å². The molecule has 0 saturated heterocycles. The molecule has 0 unspecified atom stereocenters. The van der Waals surface area contributed by atoms with Crippen LogP contribution in [0.4, 0.5) is 0 Å². The molecule has 0 fully saturated rings. The van der Waals surface area contributed by atoms with Crippen LogP contribution in [0, 0.1) is 6.07 Å². The van der Waals surface area contributed by atoms with Gasteiger partial charge in [-0.2, -0.15) is 0 Å². The molecule has 0 N–H and O–H groups in total. The number of nitrogens with zero attached hydrogens (tertiary/aromatic N) is 1. The lowest BCUT2D eigenvalue weighted by Gasteiger charge is -1.98. The summed E-state index contributed by atoms with van der Waals surface area (Å²) in [4.78, 5) is 4.22. The zero-order valence-corrected chi connectivity index (χ0v) is 7.71. The van der Waals surface area contributed by atoms with Crippen molar-refractivity contribution in [1.29, 1.82) is 0 Å². The summed E-state index contributed by atoms with van der Waals surface area (Å²) in [6.45, 7) is 2.23. The number of hydrogen-bond donors (Lipinski definition) is 0. The summed E-state index contributed by atoms with van der Waals surface area (Å²) in [6, 6.07) is 6.98. The van der Waals surface area contributed by atoms with E-state index in [4.69, 9.17) is 0 Å². The summed E-state index contributed by atoms with van der Waals surface area (Å²) < 4.78 is 0. The third-order valence-electron chi connectivity index (χ3n) is 1.93. The Hall–Kier alpha value is -0.850. The minimum absolute atomic E-state index is 1.08. The van der Waals surface area contributed by atoms with Gasteiger partial charge in [0.05, 0.1) is 0 Å². The first-order valence-electron chi connectivity index (χ1n) is 4.75. The van der Waals surface area contributed by atoms with Gasteiger partial charge in [0.15, 0.2) is 0 Å². The summed E-state index contributed by atoms with van der Waals surface area (Å²) in [5.74, 6) is 0. The molecule has 1 aromatic rings. The molecular formula is C11H16N. The Labute approximate surface area is 74.8 Å². The van der Waals surface area contributed by atoms with E-state index in [0.29, 0.717) is 0 Å². The van der Waals surface area contributed by atoms with Crippen molar-refractivity contribution in [3.8, 4) is 0 Å². The van der Waals surface area contributed by atoms with E-state index < -0.39 is 0 Å². The topological polar surface area (TPSA) is 12.9 Å². The molecule has 0 amide bonds. The number of rotatable bonds is 5. The van der Waals surface area contributed by atoms with Crippen molar-refractivity contribution in [2.75, 3.05) is 0 Å². The predicted octanol–water partition coefficient (Wildman–Crippen LogP) is 3.00. The highest BCUT2D eigenvalue weighted by Crippen LogP contribution is 2.04. The van der Waals surface area contributed by atoms with Gasteiger partial charge in [0.1, 0.15) is 0 Å². The SMILES string of the molecule is CCCCCCc1[c]cccn1.